The van der Waals surface area contributed by atoms with Gasteiger partial charge in [-0.25, -0.2) is 9.78 Å². The molecule has 0 saturated carbocycles. The van der Waals surface area contributed by atoms with Gasteiger partial charge in [-0.2, -0.15) is 4.99 Å². The number of anilines is 2. The molecule has 3 aromatic carbocycles. The zero-order valence-corrected chi connectivity index (χ0v) is 29.7. The summed E-state index contributed by atoms with van der Waals surface area (Å²) in [5.74, 6) is 0.592. The summed E-state index contributed by atoms with van der Waals surface area (Å²) in [4.78, 5) is 48.4. The van der Waals surface area contributed by atoms with Gasteiger partial charge in [0.2, 0.25) is 0 Å². The standard InChI is InChI=1S/C39H46N6O7/c1-4-5-6-9-23-51-39(48)44-37(41)27-14-16-30(17-15-27)43-26-32(40)28-11-10-12-29(24-28)38(47)45(35-13-7-8-21-42-35)22-20-36(46)52-34-25-31(49-2)18-19-33(34)50-3/h7-8,10-19,21,24-25,32,43H,4-6,9,20,22-23,26,40H2,1-3H3,(H2,41,44,48). The minimum absolute atomic E-state index is 0.00422. The third-order valence-corrected chi connectivity index (χ3v) is 8.01. The molecular weight excluding hydrogens is 664 g/mol. The van der Waals surface area contributed by atoms with Crippen LogP contribution in [0.4, 0.5) is 16.3 Å². The van der Waals surface area contributed by atoms with E-state index in [4.69, 9.17) is 30.4 Å². The van der Waals surface area contributed by atoms with Crippen LogP contribution in [0, 0.1) is 0 Å². The number of hydrogen-bond donors (Lipinski definition) is 3. The number of amidine groups is 1. The Labute approximate surface area is 303 Å². The van der Waals surface area contributed by atoms with E-state index in [0.29, 0.717) is 41.6 Å². The van der Waals surface area contributed by atoms with E-state index < -0.39 is 18.1 Å². The normalized spacial score (nSPS) is 11.7. The molecule has 0 radical (unpaired) electrons. The number of nitrogens with zero attached hydrogens (tertiary/aromatic N) is 3. The Balaban J connectivity index is 1.37. The molecule has 2 amide bonds. The van der Waals surface area contributed by atoms with Gasteiger partial charge in [-0.3, -0.25) is 14.5 Å². The van der Waals surface area contributed by atoms with Crippen LogP contribution < -0.4 is 35.9 Å². The van der Waals surface area contributed by atoms with E-state index in [1.165, 1.54) is 19.1 Å². The van der Waals surface area contributed by atoms with Crippen molar-refractivity contribution in [2.45, 2.75) is 45.1 Å². The lowest BCUT2D eigenvalue weighted by Gasteiger charge is -2.22. The molecule has 13 nitrogen and oxygen atoms in total. The van der Waals surface area contributed by atoms with Gasteiger partial charge < -0.3 is 35.7 Å². The Hall–Kier alpha value is -5.95. The summed E-state index contributed by atoms with van der Waals surface area (Å²) in [6, 6.07) is 23.7. The number of ether oxygens (including phenoxy) is 4. The van der Waals surface area contributed by atoms with Gasteiger partial charge in [0, 0.05) is 48.2 Å². The number of pyridine rings is 1. The third-order valence-electron chi connectivity index (χ3n) is 8.01. The van der Waals surface area contributed by atoms with Crippen LogP contribution in [0.3, 0.4) is 0 Å². The molecule has 0 fully saturated rings. The van der Waals surface area contributed by atoms with E-state index in [0.717, 1.165) is 36.9 Å². The molecule has 0 spiro atoms. The number of rotatable bonds is 18. The molecule has 0 aliphatic heterocycles. The summed E-state index contributed by atoms with van der Waals surface area (Å²) >= 11 is 0. The van der Waals surface area contributed by atoms with Crippen LogP contribution >= 0.6 is 0 Å². The lowest BCUT2D eigenvalue weighted by molar-refractivity contribution is -0.134. The van der Waals surface area contributed by atoms with Gasteiger partial charge in [0.1, 0.15) is 17.4 Å². The minimum Gasteiger partial charge on any atom is -0.497 e. The van der Waals surface area contributed by atoms with Gasteiger partial charge in [0.15, 0.2) is 11.5 Å². The number of hydrogen-bond acceptors (Lipinski definition) is 10. The predicted octanol–water partition coefficient (Wildman–Crippen LogP) is 6.28. The molecule has 5 N–H and O–H groups in total. The Bertz CT molecular complexity index is 1800. The molecule has 1 heterocycles. The predicted molar refractivity (Wildman–Crippen MR) is 200 cm³/mol. The van der Waals surface area contributed by atoms with Gasteiger partial charge in [-0.05, 0) is 72.6 Å². The van der Waals surface area contributed by atoms with E-state index >= 15 is 0 Å². The number of nitrogens with two attached hydrogens (primary N) is 2. The SMILES string of the molecule is CCCCCCOC(=O)/N=C(\N)c1ccc(NCC(N)c2cccc(C(=O)N(CCC(=O)Oc3cc(OC)ccc3OC)c3ccccn3)c2)cc1. The number of esters is 1. The maximum absolute atomic E-state index is 13.9. The number of carbonyl (C=O) groups excluding carboxylic acids is 3. The number of benzene rings is 3. The van der Waals surface area contributed by atoms with Crippen molar-refractivity contribution in [1.82, 2.24) is 4.98 Å². The van der Waals surface area contributed by atoms with Crippen molar-refractivity contribution in [1.29, 1.82) is 0 Å². The van der Waals surface area contributed by atoms with Crippen molar-refractivity contribution in [2.24, 2.45) is 16.5 Å². The summed E-state index contributed by atoms with van der Waals surface area (Å²) < 4.78 is 21.2. The van der Waals surface area contributed by atoms with Crippen molar-refractivity contribution in [3.05, 3.63) is 108 Å². The molecule has 0 aliphatic rings. The molecule has 4 aromatic rings. The highest BCUT2D eigenvalue weighted by atomic mass is 16.6. The molecule has 1 aromatic heterocycles. The summed E-state index contributed by atoms with van der Waals surface area (Å²) in [5.41, 5.74) is 15.0. The fourth-order valence-corrected chi connectivity index (χ4v) is 5.12. The molecule has 1 atom stereocenters. The third kappa shape index (κ3) is 11.6. The largest absolute Gasteiger partial charge is 0.497 e. The first kappa shape index (κ1) is 38.8. The first-order valence-corrected chi connectivity index (χ1v) is 17.1. The summed E-state index contributed by atoms with van der Waals surface area (Å²) in [6.45, 7) is 2.79. The first-order valence-electron chi connectivity index (χ1n) is 17.1. The van der Waals surface area contributed by atoms with Crippen molar-refractivity contribution in [2.75, 3.05) is 44.1 Å². The van der Waals surface area contributed by atoms with E-state index in [1.54, 1.807) is 85.1 Å². The Kier molecular flexibility index (Phi) is 15.0. The molecular formula is C39H46N6O7. The van der Waals surface area contributed by atoms with E-state index in [1.807, 2.05) is 6.07 Å². The quantitative estimate of drug-likeness (QED) is 0.0348. The highest BCUT2D eigenvalue weighted by Crippen LogP contribution is 2.31. The second-order valence-corrected chi connectivity index (χ2v) is 11.7. The number of carbonyl (C=O) groups is 3. The molecule has 274 valence electrons. The second kappa shape index (κ2) is 20.0. The van der Waals surface area contributed by atoms with E-state index in [9.17, 15) is 14.4 Å². The van der Waals surface area contributed by atoms with Crippen molar-refractivity contribution < 1.29 is 33.3 Å². The van der Waals surface area contributed by atoms with Crippen LogP contribution in [0.5, 0.6) is 17.2 Å². The molecule has 4 rings (SSSR count). The van der Waals surface area contributed by atoms with Crippen LogP contribution in [0.15, 0.2) is 96.1 Å². The monoisotopic (exact) mass is 710 g/mol. The highest BCUT2D eigenvalue weighted by molar-refractivity contribution is 6.06. The Morgan fingerprint density at radius 3 is 2.40 bits per heavy atom. The minimum atomic E-state index is -0.709. The van der Waals surface area contributed by atoms with Gasteiger partial charge in [0.05, 0.1) is 27.2 Å². The smallest absolute Gasteiger partial charge is 0.435 e. The van der Waals surface area contributed by atoms with Gasteiger partial charge in [-0.15, -0.1) is 0 Å². The zero-order chi connectivity index (χ0) is 37.3. The fourth-order valence-electron chi connectivity index (χ4n) is 5.12. The average Bonchev–Trinajstić information content (AvgIpc) is 3.17. The number of methoxy groups -OCH3 is 2. The topological polar surface area (TPSA) is 181 Å². The Morgan fingerprint density at radius 2 is 1.69 bits per heavy atom. The highest BCUT2D eigenvalue weighted by Gasteiger charge is 2.22. The number of amides is 2. The molecule has 0 aliphatic carbocycles. The Morgan fingerprint density at radius 1 is 0.885 bits per heavy atom. The van der Waals surface area contributed by atoms with Crippen molar-refractivity contribution >= 4 is 35.3 Å². The van der Waals surface area contributed by atoms with Gasteiger partial charge >= 0.3 is 12.1 Å². The van der Waals surface area contributed by atoms with Crippen LogP contribution in [0.25, 0.3) is 0 Å². The number of aliphatic imine (C=N–C) groups is 1. The summed E-state index contributed by atoms with van der Waals surface area (Å²) in [7, 11) is 2.98. The van der Waals surface area contributed by atoms with Crippen LogP contribution in [0.1, 0.15) is 66.6 Å². The summed E-state index contributed by atoms with van der Waals surface area (Å²) in [5, 5.41) is 3.29. The fraction of sp³-hybridized carbons (Fsp3) is 0.308. The maximum Gasteiger partial charge on any atom is 0.435 e. The molecule has 0 bridgehead atoms. The lowest BCUT2D eigenvalue weighted by atomic mass is 10.0. The maximum atomic E-state index is 13.9. The molecule has 52 heavy (non-hydrogen) atoms. The zero-order valence-electron chi connectivity index (χ0n) is 29.7. The average molecular weight is 711 g/mol. The van der Waals surface area contributed by atoms with Gasteiger partial charge in [0.25, 0.3) is 5.91 Å². The first-order chi connectivity index (χ1) is 25.2. The second-order valence-electron chi connectivity index (χ2n) is 11.7. The summed E-state index contributed by atoms with van der Waals surface area (Å²) in [6.07, 6.45) is 4.73. The number of unbranched alkanes of at least 4 members (excludes halogenated alkanes) is 3. The van der Waals surface area contributed by atoms with Crippen molar-refractivity contribution in [3.63, 3.8) is 0 Å². The van der Waals surface area contributed by atoms with Crippen LogP contribution in [-0.4, -0.2) is 62.7 Å². The van der Waals surface area contributed by atoms with E-state index in [2.05, 4.69) is 22.2 Å². The number of aromatic nitrogens is 1. The van der Waals surface area contributed by atoms with Crippen molar-refractivity contribution in [3.8, 4) is 17.2 Å². The molecule has 1 unspecified atom stereocenters. The van der Waals surface area contributed by atoms with Crippen LogP contribution in [-0.2, 0) is 9.53 Å². The van der Waals surface area contributed by atoms with Crippen LogP contribution in [0.2, 0.25) is 0 Å². The molecule has 0 saturated heterocycles. The van der Waals surface area contributed by atoms with E-state index in [-0.39, 0.29) is 30.5 Å². The van der Waals surface area contributed by atoms with Gasteiger partial charge in [-0.1, -0.05) is 44.4 Å². The molecule has 13 heteroatoms. The lowest BCUT2D eigenvalue weighted by Crippen LogP contribution is -2.34. The number of nitrogens with one attached hydrogen (secondary N) is 1.